The van der Waals surface area contributed by atoms with Gasteiger partial charge in [-0.15, -0.1) is 5.54 Å². The van der Waals surface area contributed by atoms with Crippen LogP contribution in [-0.4, -0.2) is 19.0 Å². The van der Waals surface area contributed by atoms with Crippen LogP contribution in [0.4, 0.5) is 4.39 Å². The first-order chi connectivity index (χ1) is 10.8. The Balaban J connectivity index is 2.08. The molecule has 2 aliphatic rings. The summed E-state index contributed by atoms with van der Waals surface area (Å²) < 4.78 is 14.6. The van der Waals surface area contributed by atoms with Crippen molar-refractivity contribution in [2.24, 2.45) is 16.6 Å². The molecule has 3 rings (SSSR count). The van der Waals surface area contributed by atoms with Gasteiger partial charge in [0.05, 0.1) is 5.54 Å². The summed E-state index contributed by atoms with van der Waals surface area (Å²) in [7, 11) is -1.46. The first-order valence-corrected chi connectivity index (χ1v) is 12.6. The lowest BCUT2D eigenvalue weighted by atomic mass is 9.81. The molecule has 1 saturated carbocycles. The van der Waals surface area contributed by atoms with Crippen LogP contribution in [0.1, 0.15) is 30.4 Å². The highest BCUT2D eigenvalue weighted by Gasteiger charge is 2.47. The molecule has 1 aromatic carbocycles. The topological polar surface area (TPSA) is 38.4 Å². The largest absolute Gasteiger partial charge is 0.379 e. The summed E-state index contributed by atoms with van der Waals surface area (Å²) in [6.45, 7) is 6.62. The number of amidine groups is 1. The van der Waals surface area contributed by atoms with Gasteiger partial charge >= 0.3 is 0 Å². The van der Waals surface area contributed by atoms with Crippen molar-refractivity contribution < 1.29 is 4.39 Å². The minimum Gasteiger partial charge on any atom is -0.379 e. The Morgan fingerprint density at radius 2 is 2.17 bits per heavy atom. The lowest BCUT2D eigenvalue weighted by molar-refractivity contribution is 0.341. The molecular formula is C18H23FN2SSi. The second-order valence-electron chi connectivity index (χ2n) is 7.47. The average molecular weight is 347 g/mol. The molecule has 0 aromatic heterocycles. The van der Waals surface area contributed by atoms with Crippen LogP contribution in [0.25, 0.3) is 0 Å². The average Bonchev–Trinajstić information content (AvgIpc) is 2.89. The van der Waals surface area contributed by atoms with Crippen molar-refractivity contribution in [3.05, 3.63) is 35.1 Å². The number of thioether (sulfide) groups is 1. The Hall–Kier alpha value is -1.25. The molecule has 1 heterocycles. The zero-order valence-electron chi connectivity index (χ0n) is 13.9. The Labute approximate surface area is 143 Å². The molecule has 2 N–H and O–H groups in total. The quantitative estimate of drug-likeness (QED) is 0.614. The van der Waals surface area contributed by atoms with Gasteiger partial charge in [-0.05, 0) is 37.0 Å². The number of nitrogens with zero attached hydrogens (tertiary/aromatic N) is 1. The Bertz CT molecular complexity index is 714. The second kappa shape index (κ2) is 5.99. The molecule has 0 unspecified atom stereocenters. The lowest BCUT2D eigenvalue weighted by Crippen LogP contribution is -2.37. The van der Waals surface area contributed by atoms with Crippen LogP contribution < -0.4 is 5.73 Å². The van der Waals surface area contributed by atoms with Gasteiger partial charge in [-0.1, -0.05) is 43.7 Å². The van der Waals surface area contributed by atoms with E-state index < -0.39 is 13.6 Å². The highest BCUT2D eigenvalue weighted by Crippen LogP contribution is 2.51. The van der Waals surface area contributed by atoms with Crippen molar-refractivity contribution in [3.8, 4) is 11.5 Å². The predicted molar refractivity (Wildman–Crippen MR) is 99.7 cm³/mol. The van der Waals surface area contributed by atoms with E-state index in [0.29, 0.717) is 16.6 Å². The zero-order valence-corrected chi connectivity index (χ0v) is 15.8. The fourth-order valence-corrected chi connectivity index (χ4v) is 5.01. The number of hydrogen-bond donors (Lipinski definition) is 1. The molecule has 1 aliphatic heterocycles. The van der Waals surface area contributed by atoms with Gasteiger partial charge in [0.2, 0.25) is 0 Å². The van der Waals surface area contributed by atoms with Gasteiger partial charge in [0.1, 0.15) is 13.9 Å². The lowest BCUT2D eigenvalue weighted by Gasteiger charge is -2.36. The molecule has 23 heavy (non-hydrogen) atoms. The molecule has 0 spiro atoms. The molecule has 0 bridgehead atoms. The third-order valence-corrected chi connectivity index (χ3v) is 6.37. The van der Waals surface area contributed by atoms with Gasteiger partial charge in [-0.25, -0.2) is 4.39 Å². The molecule has 1 fully saturated rings. The molecule has 0 saturated heterocycles. The van der Waals surface area contributed by atoms with Gasteiger partial charge in [0.25, 0.3) is 0 Å². The van der Waals surface area contributed by atoms with Crippen LogP contribution in [0.5, 0.6) is 0 Å². The number of benzene rings is 1. The highest BCUT2D eigenvalue weighted by atomic mass is 32.2. The molecule has 5 heteroatoms. The van der Waals surface area contributed by atoms with E-state index in [1.165, 1.54) is 0 Å². The first-order valence-electron chi connectivity index (χ1n) is 8.11. The van der Waals surface area contributed by atoms with Crippen LogP contribution in [0.15, 0.2) is 23.2 Å². The van der Waals surface area contributed by atoms with Crippen LogP contribution in [0.3, 0.4) is 0 Å². The molecule has 0 amide bonds. The summed E-state index contributed by atoms with van der Waals surface area (Å²) in [6, 6.07) is 5.23. The molecule has 2 nitrogen and oxygen atoms in total. The van der Waals surface area contributed by atoms with E-state index in [-0.39, 0.29) is 5.82 Å². The van der Waals surface area contributed by atoms with Gasteiger partial charge in [-0.3, -0.25) is 4.99 Å². The summed E-state index contributed by atoms with van der Waals surface area (Å²) in [5.41, 5.74) is 10.4. The van der Waals surface area contributed by atoms with E-state index in [1.807, 2.05) is 6.07 Å². The fraction of sp³-hybridized carbons (Fsp3) is 0.500. The van der Waals surface area contributed by atoms with Crippen molar-refractivity contribution in [1.29, 1.82) is 0 Å². The maximum atomic E-state index is 14.6. The van der Waals surface area contributed by atoms with Crippen molar-refractivity contribution >= 4 is 25.0 Å². The smallest absolute Gasteiger partial charge is 0.154 e. The number of rotatable bonds is 1. The summed E-state index contributed by atoms with van der Waals surface area (Å²) in [5.74, 6) is 4.36. The van der Waals surface area contributed by atoms with E-state index in [1.54, 1.807) is 23.9 Å². The van der Waals surface area contributed by atoms with Crippen molar-refractivity contribution in [2.75, 3.05) is 5.75 Å². The van der Waals surface area contributed by atoms with Crippen molar-refractivity contribution in [1.82, 2.24) is 0 Å². The third-order valence-electron chi connectivity index (χ3n) is 4.54. The fourth-order valence-electron chi connectivity index (χ4n) is 3.45. The SMILES string of the molecule is C[Si](C)(C)C#Cc1ccc(F)c([C@]23CCC[C@H]2CSC(N)=N3)c1. The van der Waals surface area contributed by atoms with Crippen LogP contribution in [0, 0.1) is 23.2 Å². The third kappa shape index (κ3) is 3.34. The highest BCUT2D eigenvalue weighted by molar-refractivity contribution is 8.13. The molecule has 1 aliphatic carbocycles. The zero-order chi connectivity index (χ0) is 16.7. The molecule has 2 atom stereocenters. The van der Waals surface area contributed by atoms with E-state index >= 15 is 0 Å². The van der Waals surface area contributed by atoms with Gasteiger partial charge in [0.15, 0.2) is 5.17 Å². The Kier molecular flexibility index (Phi) is 4.32. The molecule has 122 valence electrons. The minimum atomic E-state index is -1.46. The van der Waals surface area contributed by atoms with E-state index in [9.17, 15) is 4.39 Å². The van der Waals surface area contributed by atoms with Crippen molar-refractivity contribution in [3.63, 3.8) is 0 Å². The number of nitrogens with two attached hydrogens (primary N) is 1. The number of hydrogen-bond acceptors (Lipinski definition) is 3. The Morgan fingerprint density at radius 1 is 1.39 bits per heavy atom. The normalized spacial score (nSPS) is 27.0. The number of halogens is 1. The molecular weight excluding hydrogens is 323 g/mol. The molecule has 1 aromatic rings. The number of aliphatic imine (C=N–C) groups is 1. The summed E-state index contributed by atoms with van der Waals surface area (Å²) >= 11 is 1.59. The Morgan fingerprint density at radius 3 is 2.91 bits per heavy atom. The first kappa shape index (κ1) is 16.6. The predicted octanol–water partition coefficient (Wildman–Crippen LogP) is 4.11. The van der Waals surface area contributed by atoms with E-state index in [4.69, 9.17) is 10.7 Å². The standard InChI is InChI=1S/C18H23FN2SSi/c1-23(2,3)10-8-13-6-7-16(19)15(11-13)18-9-4-5-14(18)12-22-17(20)21-18/h6-7,11,14H,4-5,9,12H2,1-3H3,(H2,20,21)/t14-,18-/m0/s1. The van der Waals surface area contributed by atoms with Gasteiger partial charge in [0, 0.05) is 16.9 Å². The summed E-state index contributed by atoms with van der Waals surface area (Å²) in [6.07, 6.45) is 3.04. The van der Waals surface area contributed by atoms with Crippen molar-refractivity contribution in [2.45, 2.75) is 44.4 Å². The second-order valence-corrected chi connectivity index (χ2v) is 13.3. The monoisotopic (exact) mass is 346 g/mol. The van der Waals surface area contributed by atoms with Crippen LogP contribution >= 0.6 is 11.8 Å². The molecule has 0 radical (unpaired) electrons. The maximum Gasteiger partial charge on any atom is 0.154 e. The van der Waals surface area contributed by atoms with E-state index in [0.717, 1.165) is 30.6 Å². The summed E-state index contributed by atoms with van der Waals surface area (Å²) in [4.78, 5) is 4.73. The van der Waals surface area contributed by atoms with Gasteiger partial charge < -0.3 is 5.73 Å². The van der Waals surface area contributed by atoms with Crippen LogP contribution in [-0.2, 0) is 5.54 Å². The van der Waals surface area contributed by atoms with E-state index in [2.05, 4.69) is 31.1 Å². The maximum absolute atomic E-state index is 14.6. The van der Waals surface area contributed by atoms with Crippen LogP contribution in [0.2, 0.25) is 19.6 Å². The summed E-state index contributed by atoms with van der Waals surface area (Å²) in [5, 5.41) is 0.584. The number of fused-ring (bicyclic) bond motifs is 1. The van der Waals surface area contributed by atoms with Gasteiger partial charge in [-0.2, -0.15) is 0 Å². The minimum absolute atomic E-state index is 0.182.